The summed E-state index contributed by atoms with van der Waals surface area (Å²) in [4.78, 5) is 20.0. The number of rotatable bonds is 1. The van der Waals surface area contributed by atoms with E-state index in [0.29, 0.717) is 0 Å². The smallest absolute Gasteiger partial charge is 0.189 e. The van der Waals surface area contributed by atoms with Crippen LogP contribution in [0.15, 0.2) is 29.1 Å². The molecule has 0 bridgehead atoms. The van der Waals surface area contributed by atoms with Crippen molar-refractivity contribution in [1.82, 2.24) is 9.88 Å². The van der Waals surface area contributed by atoms with Crippen LogP contribution in [0.4, 0.5) is 5.69 Å². The minimum Gasteiger partial charge on any atom is -0.369 e. The first-order valence-electron chi connectivity index (χ1n) is 6.71. The number of aromatic nitrogens is 1. The van der Waals surface area contributed by atoms with Crippen molar-refractivity contribution in [2.75, 3.05) is 38.1 Å². The Morgan fingerprint density at radius 1 is 1.11 bits per heavy atom. The molecule has 1 N–H and O–H groups in total. The van der Waals surface area contributed by atoms with Crippen LogP contribution in [0.25, 0.3) is 10.9 Å². The largest absolute Gasteiger partial charge is 0.369 e. The van der Waals surface area contributed by atoms with E-state index >= 15 is 0 Å². The summed E-state index contributed by atoms with van der Waals surface area (Å²) in [7, 11) is 2.14. The zero-order valence-corrected chi connectivity index (χ0v) is 11.4. The molecule has 0 radical (unpaired) electrons. The van der Waals surface area contributed by atoms with Crippen molar-refractivity contribution < 1.29 is 0 Å². The van der Waals surface area contributed by atoms with Crippen LogP contribution in [0.3, 0.4) is 0 Å². The van der Waals surface area contributed by atoms with E-state index in [1.165, 1.54) is 0 Å². The highest BCUT2D eigenvalue weighted by Crippen LogP contribution is 2.20. The summed E-state index contributed by atoms with van der Waals surface area (Å²) >= 11 is 0. The molecule has 0 amide bonds. The maximum atomic E-state index is 12.0. The second kappa shape index (κ2) is 4.70. The second-order valence-corrected chi connectivity index (χ2v) is 5.34. The number of benzene rings is 1. The molecule has 1 aromatic heterocycles. The van der Waals surface area contributed by atoms with Gasteiger partial charge in [0.2, 0.25) is 0 Å². The lowest BCUT2D eigenvalue weighted by Crippen LogP contribution is -2.44. The highest BCUT2D eigenvalue weighted by Gasteiger charge is 2.14. The van der Waals surface area contributed by atoms with Gasteiger partial charge in [-0.1, -0.05) is 0 Å². The lowest BCUT2D eigenvalue weighted by atomic mass is 10.1. The quantitative estimate of drug-likeness (QED) is 0.843. The summed E-state index contributed by atoms with van der Waals surface area (Å²) in [5.41, 5.74) is 3.07. The molecule has 1 aliphatic rings. The van der Waals surface area contributed by atoms with Crippen molar-refractivity contribution in [3.8, 4) is 0 Å². The Balaban J connectivity index is 2.00. The molecule has 0 unspecified atom stereocenters. The van der Waals surface area contributed by atoms with Gasteiger partial charge in [0, 0.05) is 54.5 Å². The van der Waals surface area contributed by atoms with Gasteiger partial charge in [-0.05, 0) is 32.2 Å². The van der Waals surface area contributed by atoms with Crippen LogP contribution in [-0.2, 0) is 0 Å². The standard InChI is InChI=1S/C15H19N3O/c1-11-9-15(19)13-10-12(3-4-14(13)16-11)18-7-5-17(2)6-8-18/h3-4,9-10H,5-8H2,1-2H3,(H,16,19). The molecule has 1 aliphatic heterocycles. The van der Waals surface area contributed by atoms with E-state index in [1.807, 2.05) is 19.1 Å². The first-order chi connectivity index (χ1) is 9.13. The number of hydrogen-bond donors (Lipinski definition) is 1. The Bertz CT molecular complexity index is 654. The molecular weight excluding hydrogens is 238 g/mol. The lowest BCUT2D eigenvalue weighted by Gasteiger charge is -2.34. The zero-order chi connectivity index (χ0) is 13.4. The van der Waals surface area contributed by atoms with Crippen molar-refractivity contribution in [3.05, 3.63) is 40.2 Å². The van der Waals surface area contributed by atoms with Crippen molar-refractivity contribution in [2.45, 2.75) is 6.92 Å². The monoisotopic (exact) mass is 257 g/mol. The normalized spacial score (nSPS) is 17.1. The SMILES string of the molecule is Cc1cc(=O)c2cc(N3CCN(C)CC3)ccc2[nH]1. The van der Waals surface area contributed by atoms with E-state index in [0.717, 1.165) is 48.5 Å². The molecule has 0 aliphatic carbocycles. The van der Waals surface area contributed by atoms with Gasteiger partial charge in [-0.3, -0.25) is 4.79 Å². The highest BCUT2D eigenvalue weighted by atomic mass is 16.1. The fraction of sp³-hybridized carbons (Fsp3) is 0.400. The summed E-state index contributed by atoms with van der Waals surface area (Å²) in [6.07, 6.45) is 0. The highest BCUT2D eigenvalue weighted by molar-refractivity contribution is 5.82. The Kier molecular flexibility index (Phi) is 3.03. The summed E-state index contributed by atoms with van der Waals surface area (Å²) in [5.74, 6) is 0. The molecule has 100 valence electrons. The number of fused-ring (bicyclic) bond motifs is 1. The van der Waals surface area contributed by atoms with Crippen LogP contribution in [0, 0.1) is 6.92 Å². The second-order valence-electron chi connectivity index (χ2n) is 5.34. The Hall–Kier alpha value is -1.81. The van der Waals surface area contributed by atoms with Crippen molar-refractivity contribution in [2.24, 2.45) is 0 Å². The molecular formula is C15H19N3O. The van der Waals surface area contributed by atoms with Gasteiger partial charge in [-0.25, -0.2) is 0 Å². The maximum absolute atomic E-state index is 12.0. The zero-order valence-electron chi connectivity index (χ0n) is 11.4. The molecule has 0 atom stereocenters. The summed E-state index contributed by atoms with van der Waals surface area (Å²) < 4.78 is 0. The van der Waals surface area contributed by atoms with Crippen LogP contribution in [0.2, 0.25) is 0 Å². The van der Waals surface area contributed by atoms with E-state index in [9.17, 15) is 4.79 Å². The number of piperazine rings is 1. The van der Waals surface area contributed by atoms with Crippen molar-refractivity contribution in [1.29, 1.82) is 0 Å². The van der Waals surface area contributed by atoms with Gasteiger partial charge in [-0.15, -0.1) is 0 Å². The van der Waals surface area contributed by atoms with E-state index in [1.54, 1.807) is 6.07 Å². The van der Waals surface area contributed by atoms with Crippen molar-refractivity contribution in [3.63, 3.8) is 0 Å². The van der Waals surface area contributed by atoms with Gasteiger partial charge in [-0.2, -0.15) is 0 Å². The van der Waals surface area contributed by atoms with Gasteiger partial charge in [0.05, 0.1) is 0 Å². The lowest BCUT2D eigenvalue weighted by molar-refractivity contribution is 0.313. The van der Waals surface area contributed by atoms with Crippen LogP contribution < -0.4 is 10.3 Å². The number of aryl methyl sites for hydroxylation is 1. The third-order valence-electron chi connectivity index (χ3n) is 3.82. The van der Waals surface area contributed by atoms with Gasteiger partial charge >= 0.3 is 0 Å². The molecule has 2 aromatic rings. The topological polar surface area (TPSA) is 39.3 Å². The van der Waals surface area contributed by atoms with Crippen molar-refractivity contribution >= 4 is 16.6 Å². The summed E-state index contributed by atoms with van der Waals surface area (Å²) in [6, 6.07) is 7.79. The van der Waals surface area contributed by atoms with Crippen LogP contribution in [0.1, 0.15) is 5.69 Å². The first-order valence-corrected chi connectivity index (χ1v) is 6.71. The Morgan fingerprint density at radius 3 is 2.58 bits per heavy atom. The Morgan fingerprint density at radius 2 is 1.84 bits per heavy atom. The van der Waals surface area contributed by atoms with E-state index in [-0.39, 0.29) is 5.43 Å². The fourth-order valence-electron chi connectivity index (χ4n) is 2.63. The molecule has 1 saturated heterocycles. The number of likely N-dealkylation sites (N-methyl/N-ethyl adjacent to an activating group) is 1. The Labute approximate surface area is 112 Å². The van der Waals surface area contributed by atoms with Crippen LogP contribution in [-0.4, -0.2) is 43.1 Å². The molecule has 0 spiro atoms. The van der Waals surface area contributed by atoms with E-state index in [4.69, 9.17) is 0 Å². The molecule has 3 rings (SSSR count). The molecule has 4 nitrogen and oxygen atoms in total. The van der Waals surface area contributed by atoms with Gasteiger partial charge < -0.3 is 14.8 Å². The number of nitrogens with one attached hydrogen (secondary N) is 1. The van der Waals surface area contributed by atoms with Gasteiger partial charge in [0.15, 0.2) is 5.43 Å². The molecule has 1 fully saturated rings. The van der Waals surface area contributed by atoms with Crippen LogP contribution in [0.5, 0.6) is 0 Å². The molecule has 1 aromatic carbocycles. The van der Waals surface area contributed by atoms with Crippen LogP contribution >= 0.6 is 0 Å². The molecule has 4 heteroatoms. The third kappa shape index (κ3) is 2.36. The molecule has 0 saturated carbocycles. The summed E-state index contributed by atoms with van der Waals surface area (Å²) in [5, 5.41) is 0.780. The van der Waals surface area contributed by atoms with E-state index in [2.05, 4.69) is 27.9 Å². The number of aromatic amines is 1. The third-order valence-corrected chi connectivity index (χ3v) is 3.82. The number of pyridine rings is 1. The summed E-state index contributed by atoms with van der Waals surface area (Å²) in [6.45, 7) is 6.09. The average molecular weight is 257 g/mol. The van der Waals surface area contributed by atoms with E-state index < -0.39 is 0 Å². The number of anilines is 1. The first kappa shape index (κ1) is 12.2. The molecule has 19 heavy (non-hydrogen) atoms. The minimum absolute atomic E-state index is 0.0993. The minimum atomic E-state index is 0.0993. The average Bonchev–Trinajstić information content (AvgIpc) is 2.39. The number of nitrogens with zero attached hydrogens (tertiary/aromatic N) is 2. The predicted octanol–water partition coefficient (Wildman–Crippen LogP) is 1.59. The number of H-pyrrole nitrogens is 1. The fourth-order valence-corrected chi connectivity index (χ4v) is 2.63. The maximum Gasteiger partial charge on any atom is 0.189 e. The number of hydrogen-bond acceptors (Lipinski definition) is 3. The molecule has 2 heterocycles. The predicted molar refractivity (Wildman–Crippen MR) is 79.0 cm³/mol. The van der Waals surface area contributed by atoms with Gasteiger partial charge in [0.1, 0.15) is 0 Å². The van der Waals surface area contributed by atoms with Gasteiger partial charge in [0.25, 0.3) is 0 Å².